The summed E-state index contributed by atoms with van der Waals surface area (Å²) in [4.78, 5) is 11.1. The monoisotopic (exact) mass is 223 g/mol. The van der Waals surface area contributed by atoms with Crippen molar-refractivity contribution in [2.45, 2.75) is 19.8 Å². The van der Waals surface area contributed by atoms with Crippen molar-refractivity contribution in [1.82, 2.24) is 0 Å². The quantitative estimate of drug-likeness (QED) is 0.796. The lowest BCUT2D eigenvalue weighted by Crippen LogP contribution is -2.10. The number of hydrogen-bond acceptors (Lipinski definition) is 3. The van der Waals surface area contributed by atoms with Crippen molar-refractivity contribution < 1.29 is 14.6 Å². The third-order valence-electron chi connectivity index (χ3n) is 2.24. The summed E-state index contributed by atoms with van der Waals surface area (Å²) in [7, 11) is 1.57. The summed E-state index contributed by atoms with van der Waals surface area (Å²) >= 11 is 0. The van der Waals surface area contributed by atoms with Crippen molar-refractivity contribution in [1.29, 1.82) is 0 Å². The van der Waals surface area contributed by atoms with E-state index in [1.807, 2.05) is 12.1 Å². The molecule has 1 aromatic rings. The van der Waals surface area contributed by atoms with Crippen molar-refractivity contribution in [2.24, 2.45) is 0 Å². The van der Waals surface area contributed by atoms with Crippen molar-refractivity contribution in [3.63, 3.8) is 0 Å². The van der Waals surface area contributed by atoms with E-state index in [9.17, 15) is 4.79 Å². The summed E-state index contributed by atoms with van der Waals surface area (Å²) in [6.45, 7) is 1.60. The Balaban J connectivity index is 2.99. The van der Waals surface area contributed by atoms with E-state index in [0.29, 0.717) is 24.3 Å². The SMILES string of the molecule is COc1cccc(CCCO)c1NC(C)=O. The van der Waals surface area contributed by atoms with Gasteiger partial charge < -0.3 is 15.2 Å². The third kappa shape index (κ3) is 3.24. The fourth-order valence-electron chi connectivity index (χ4n) is 1.54. The van der Waals surface area contributed by atoms with Crippen LogP contribution in [0.4, 0.5) is 5.69 Å². The van der Waals surface area contributed by atoms with Crippen molar-refractivity contribution in [3.05, 3.63) is 23.8 Å². The first-order valence-corrected chi connectivity index (χ1v) is 5.23. The first kappa shape index (κ1) is 12.5. The lowest BCUT2D eigenvalue weighted by molar-refractivity contribution is -0.114. The van der Waals surface area contributed by atoms with E-state index in [2.05, 4.69) is 5.32 Å². The minimum Gasteiger partial charge on any atom is -0.495 e. The maximum Gasteiger partial charge on any atom is 0.221 e. The minimum atomic E-state index is -0.130. The number of aliphatic hydroxyl groups is 1. The Morgan fingerprint density at radius 1 is 1.50 bits per heavy atom. The Bertz CT molecular complexity index is 363. The van der Waals surface area contributed by atoms with Gasteiger partial charge in [0.2, 0.25) is 5.91 Å². The van der Waals surface area contributed by atoms with Gasteiger partial charge in [0.1, 0.15) is 5.75 Å². The van der Waals surface area contributed by atoms with Gasteiger partial charge in [0, 0.05) is 13.5 Å². The zero-order valence-corrected chi connectivity index (χ0v) is 9.62. The van der Waals surface area contributed by atoms with Crippen LogP contribution in [0.1, 0.15) is 18.9 Å². The summed E-state index contributed by atoms with van der Waals surface area (Å²) in [5.74, 6) is 0.514. The zero-order valence-electron chi connectivity index (χ0n) is 9.62. The third-order valence-corrected chi connectivity index (χ3v) is 2.24. The Hall–Kier alpha value is -1.55. The van der Waals surface area contributed by atoms with Crippen LogP contribution in [0.3, 0.4) is 0 Å². The summed E-state index contributed by atoms with van der Waals surface area (Å²) in [5, 5.41) is 11.6. The number of methoxy groups -OCH3 is 1. The average Bonchev–Trinajstić information content (AvgIpc) is 2.27. The van der Waals surface area contributed by atoms with E-state index in [1.54, 1.807) is 13.2 Å². The van der Waals surface area contributed by atoms with Gasteiger partial charge in [0.25, 0.3) is 0 Å². The summed E-state index contributed by atoms with van der Waals surface area (Å²) in [6.07, 6.45) is 1.38. The molecule has 0 bridgehead atoms. The number of anilines is 1. The minimum absolute atomic E-state index is 0.130. The molecule has 0 aliphatic rings. The van der Waals surface area contributed by atoms with Crippen LogP contribution in [-0.4, -0.2) is 24.7 Å². The number of benzene rings is 1. The maximum absolute atomic E-state index is 11.1. The van der Waals surface area contributed by atoms with Gasteiger partial charge >= 0.3 is 0 Å². The molecule has 0 saturated heterocycles. The number of rotatable bonds is 5. The first-order chi connectivity index (χ1) is 7.69. The fourth-order valence-corrected chi connectivity index (χ4v) is 1.54. The molecule has 0 aromatic heterocycles. The van der Waals surface area contributed by atoms with E-state index in [0.717, 1.165) is 5.56 Å². The Labute approximate surface area is 95.2 Å². The molecule has 1 amide bonds. The largest absolute Gasteiger partial charge is 0.495 e. The highest BCUT2D eigenvalue weighted by molar-refractivity contribution is 5.91. The van der Waals surface area contributed by atoms with Crippen LogP contribution in [-0.2, 0) is 11.2 Å². The molecule has 4 nitrogen and oxygen atoms in total. The van der Waals surface area contributed by atoms with Gasteiger partial charge in [-0.25, -0.2) is 0 Å². The molecule has 16 heavy (non-hydrogen) atoms. The number of aryl methyl sites for hydroxylation is 1. The molecule has 1 aromatic carbocycles. The molecule has 1 rings (SSSR count). The van der Waals surface area contributed by atoms with Gasteiger partial charge in [-0.3, -0.25) is 4.79 Å². The molecule has 2 N–H and O–H groups in total. The highest BCUT2D eigenvalue weighted by atomic mass is 16.5. The van der Waals surface area contributed by atoms with Crippen molar-refractivity contribution in [3.8, 4) is 5.75 Å². The lowest BCUT2D eigenvalue weighted by atomic mass is 10.1. The number of aliphatic hydroxyl groups excluding tert-OH is 1. The van der Waals surface area contributed by atoms with E-state index < -0.39 is 0 Å². The van der Waals surface area contributed by atoms with Crippen molar-refractivity contribution in [2.75, 3.05) is 19.0 Å². The van der Waals surface area contributed by atoms with Crippen LogP contribution in [0.25, 0.3) is 0 Å². The predicted octanol–water partition coefficient (Wildman–Crippen LogP) is 1.58. The van der Waals surface area contributed by atoms with Crippen LogP contribution in [0.2, 0.25) is 0 Å². The molecule has 0 radical (unpaired) electrons. The summed E-state index contributed by atoms with van der Waals surface area (Å²) in [6, 6.07) is 5.59. The molecule has 88 valence electrons. The van der Waals surface area contributed by atoms with Crippen LogP contribution < -0.4 is 10.1 Å². The molecule has 0 unspecified atom stereocenters. The van der Waals surface area contributed by atoms with Crippen LogP contribution in [0, 0.1) is 0 Å². The van der Waals surface area contributed by atoms with Gasteiger partial charge in [0.05, 0.1) is 12.8 Å². The molecule has 0 fully saturated rings. The molecule has 4 heteroatoms. The van der Waals surface area contributed by atoms with E-state index in [-0.39, 0.29) is 12.5 Å². The summed E-state index contributed by atoms with van der Waals surface area (Å²) in [5.41, 5.74) is 1.68. The average molecular weight is 223 g/mol. The Morgan fingerprint density at radius 2 is 2.25 bits per heavy atom. The molecular formula is C12H17NO3. The molecule has 0 atom stereocenters. The zero-order chi connectivity index (χ0) is 12.0. The number of ether oxygens (including phenoxy) is 1. The predicted molar refractivity (Wildman–Crippen MR) is 62.7 cm³/mol. The second kappa shape index (κ2) is 6.12. The highest BCUT2D eigenvalue weighted by Crippen LogP contribution is 2.29. The van der Waals surface area contributed by atoms with E-state index >= 15 is 0 Å². The number of carbonyl (C=O) groups excluding carboxylic acids is 1. The van der Waals surface area contributed by atoms with Crippen LogP contribution in [0.15, 0.2) is 18.2 Å². The van der Waals surface area contributed by atoms with Crippen molar-refractivity contribution >= 4 is 11.6 Å². The number of hydrogen-bond donors (Lipinski definition) is 2. The fraction of sp³-hybridized carbons (Fsp3) is 0.417. The maximum atomic E-state index is 11.1. The number of carbonyl (C=O) groups is 1. The number of nitrogens with one attached hydrogen (secondary N) is 1. The molecule has 0 aliphatic heterocycles. The van der Waals surface area contributed by atoms with E-state index in [1.165, 1.54) is 6.92 Å². The molecule has 0 spiro atoms. The molecule has 0 heterocycles. The highest BCUT2D eigenvalue weighted by Gasteiger charge is 2.09. The molecular weight excluding hydrogens is 206 g/mol. The van der Waals surface area contributed by atoms with E-state index in [4.69, 9.17) is 9.84 Å². The lowest BCUT2D eigenvalue weighted by Gasteiger charge is -2.13. The normalized spacial score (nSPS) is 9.94. The topological polar surface area (TPSA) is 58.6 Å². The smallest absolute Gasteiger partial charge is 0.221 e. The molecule has 0 aliphatic carbocycles. The standard InChI is InChI=1S/C12H17NO3/c1-9(15)13-12-10(6-4-8-14)5-3-7-11(12)16-2/h3,5,7,14H,4,6,8H2,1-2H3,(H,13,15). The first-order valence-electron chi connectivity index (χ1n) is 5.23. The number of amides is 1. The van der Waals surface area contributed by atoms with Gasteiger partial charge in [-0.05, 0) is 24.5 Å². The molecule has 0 saturated carbocycles. The summed E-state index contributed by atoms with van der Waals surface area (Å²) < 4.78 is 5.19. The van der Waals surface area contributed by atoms with Gasteiger partial charge in [-0.2, -0.15) is 0 Å². The second-order valence-electron chi connectivity index (χ2n) is 3.50. The Kier molecular flexibility index (Phi) is 4.79. The van der Waals surface area contributed by atoms with Crippen LogP contribution >= 0.6 is 0 Å². The van der Waals surface area contributed by atoms with Gasteiger partial charge in [-0.15, -0.1) is 0 Å². The Morgan fingerprint density at radius 3 is 2.81 bits per heavy atom. The second-order valence-corrected chi connectivity index (χ2v) is 3.50. The van der Waals surface area contributed by atoms with Gasteiger partial charge in [0.15, 0.2) is 0 Å². The number of para-hydroxylation sites is 1. The van der Waals surface area contributed by atoms with Crippen LogP contribution in [0.5, 0.6) is 5.75 Å². The van der Waals surface area contributed by atoms with Gasteiger partial charge in [-0.1, -0.05) is 12.1 Å².